The number of anilines is 2. The number of aromatic hydroxyl groups is 3. The van der Waals surface area contributed by atoms with E-state index in [2.05, 4.69) is 15.5 Å². The van der Waals surface area contributed by atoms with Gasteiger partial charge in [-0.3, -0.25) is 29.1 Å². The van der Waals surface area contributed by atoms with Gasteiger partial charge in [0.05, 0.1) is 65.1 Å². The van der Waals surface area contributed by atoms with Crippen LogP contribution in [0, 0.1) is 30.6 Å². The van der Waals surface area contributed by atoms with Crippen molar-refractivity contribution in [3.8, 4) is 23.0 Å². The summed E-state index contributed by atoms with van der Waals surface area (Å²) in [5, 5.41) is 71.0. The fraction of sp³-hybridized carbons (Fsp3) is 0.491. The van der Waals surface area contributed by atoms with Gasteiger partial charge in [0, 0.05) is 93.4 Å². The van der Waals surface area contributed by atoms with Gasteiger partial charge in [-0.05, 0) is 51.5 Å². The maximum atomic E-state index is 14.7. The van der Waals surface area contributed by atoms with E-state index < -0.39 is 88.8 Å². The average molecular weight is 984 g/mol. The number of hydrazone groups is 1. The van der Waals surface area contributed by atoms with E-state index in [4.69, 9.17) is 24.0 Å². The maximum Gasteiger partial charge on any atom is 0.312 e. The number of benzene rings is 3. The number of piperazine rings is 1. The zero-order chi connectivity index (χ0) is 52.4. The molecule has 1 saturated heterocycles. The Morgan fingerprint density at radius 1 is 0.901 bits per heavy atom. The fourth-order valence-electron chi connectivity index (χ4n) is 9.93. The molecule has 7 N–H and O–H groups in total. The molecule has 18 nitrogen and oxygen atoms in total. The van der Waals surface area contributed by atoms with Crippen molar-refractivity contribution >= 4 is 51.9 Å². The van der Waals surface area contributed by atoms with E-state index in [1.807, 2.05) is 43.1 Å². The third-order valence-electron chi connectivity index (χ3n) is 14.0. The smallest absolute Gasteiger partial charge is 0.312 e. The number of hydrogen-bond donors (Lipinski definition) is 7. The first kappa shape index (κ1) is 53.9. The number of carbonyl (C=O) groups excluding carboxylic acids is 4. The van der Waals surface area contributed by atoms with Crippen LogP contribution >= 0.6 is 0 Å². The molecule has 71 heavy (non-hydrogen) atoms. The van der Waals surface area contributed by atoms with Gasteiger partial charge in [0.25, 0.3) is 11.7 Å². The van der Waals surface area contributed by atoms with Crippen molar-refractivity contribution in [3.05, 3.63) is 82.7 Å². The van der Waals surface area contributed by atoms with Crippen molar-refractivity contribution in [3.63, 3.8) is 0 Å². The Morgan fingerprint density at radius 2 is 1.55 bits per heavy atom. The van der Waals surface area contributed by atoms with Gasteiger partial charge in [-0.2, -0.15) is 5.10 Å². The lowest BCUT2D eigenvalue weighted by atomic mass is 9.78. The fourth-order valence-corrected chi connectivity index (χ4v) is 9.93. The second-order valence-electron chi connectivity index (χ2n) is 19.5. The van der Waals surface area contributed by atoms with Crippen LogP contribution in [0.2, 0.25) is 0 Å². The Hall–Kier alpha value is -6.47. The number of esters is 1. The summed E-state index contributed by atoms with van der Waals surface area (Å²) in [6.45, 7) is 19.8. The van der Waals surface area contributed by atoms with Crippen LogP contribution in [0.25, 0.3) is 10.8 Å². The number of carbonyl (C=O) groups is 4. The number of allylic oxidation sites excluding steroid dienone is 2. The van der Waals surface area contributed by atoms with Gasteiger partial charge >= 0.3 is 11.8 Å². The van der Waals surface area contributed by atoms with Gasteiger partial charge in [0.2, 0.25) is 5.91 Å². The lowest BCUT2D eigenvalue weighted by Gasteiger charge is -2.42. The second kappa shape index (κ2) is 21.9. The number of fused-ring (bicyclic) bond motifs is 14. The molecule has 0 saturated carbocycles. The molecule has 18 heteroatoms. The number of methoxy groups -OCH3 is 1. The molecular formula is C53H69N5O13. The summed E-state index contributed by atoms with van der Waals surface area (Å²) in [6.07, 6.45) is 4.76. The Kier molecular flexibility index (Phi) is 16.6. The largest absolute Gasteiger partial charge is 0.507 e. The highest BCUT2D eigenvalue weighted by molar-refractivity contribution is 6.24. The quantitative estimate of drug-likeness (QED) is 0.0567. The Balaban J connectivity index is 1.45. The standard InChI is InChI=1S/C53H69N5O13/c1-26-14-13-15-27(2)52(67)56-43-38(22-54-58-28(3)23-57(24-29(58)4)25-36-16-18-37(19-17-36)55-34(9)59)47(64)40-41(48(43)65)46(63)33(8)50-42(40)51(66)53(11,71-50)69-21-20-39(68-12)30(5)49(70-35(10)60)32(7)45(62)31(6)44(26)61/h13-22,26,28-32,39,44-45,49,61-65H,23-25H2,1-12H3,(H,55,59)(H,56,67)/t26-,28-,29+,30-,31-,32-,39+,44-,45-,49-,53-/m0/s1. The van der Waals surface area contributed by atoms with Crippen LogP contribution in [0.3, 0.4) is 0 Å². The van der Waals surface area contributed by atoms with Crippen LogP contribution in [0.1, 0.15) is 96.3 Å². The van der Waals surface area contributed by atoms with E-state index in [-0.39, 0.29) is 62.5 Å². The number of amides is 2. The SMILES string of the molecule is CO[C@@H]1C=CO[C@@]2(C)Oc3c(C)c(O)c4c(O)c(c(C=NN5[C@H](C)CN(Cc6ccc(NC(C)=O)cc6)C[C@@H]5C)c(O)c4c3C2=O)NC(=O)C(C)=CC=C[C@H](C)[C@H](O)[C@H](C)[C@H](O)[C@H](C)[C@@H](OC(C)=O)[C@H]1C. The number of phenolic OH excluding ortho intramolecular Hbond substituents is 3. The van der Waals surface area contributed by atoms with E-state index in [1.54, 1.807) is 39.8 Å². The van der Waals surface area contributed by atoms with Crippen molar-refractivity contribution in [1.29, 1.82) is 0 Å². The first-order valence-electron chi connectivity index (χ1n) is 23.9. The number of nitrogens with zero attached hydrogens (tertiary/aromatic N) is 3. The molecule has 0 spiro atoms. The van der Waals surface area contributed by atoms with Crippen molar-refractivity contribution < 1.29 is 63.7 Å². The molecule has 7 rings (SSSR count). The number of ether oxygens (including phenoxy) is 4. The molecule has 0 radical (unpaired) electrons. The van der Waals surface area contributed by atoms with Gasteiger partial charge < -0.3 is 55.1 Å². The molecule has 2 amide bonds. The number of ketones is 1. The van der Waals surface area contributed by atoms with Gasteiger partial charge in [-0.1, -0.05) is 58.1 Å². The van der Waals surface area contributed by atoms with Crippen LogP contribution in [-0.4, -0.2) is 128 Å². The lowest BCUT2D eigenvalue weighted by molar-refractivity contribution is -0.160. The van der Waals surface area contributed by atoms with Crippen LogP contribution in [-0.2, 0) is 35.1 Å². The first-order valence-corrected chi connectivity index (χ1v) is 23.9. The van der Waals surface area contributed by atoms with Crippen LogP contribution in [0.4, 0.5) is 11.4 Å². The zero-order valence-corrected chi connectivity index (χ0v) is 42.5. The normalized spacial score (nSPS) is 29.0. The minimum atomic E-state index is -2.09. The summed E-state index contributed by atoms with van der Waals surface area (Å²) >= 11 is 0. The molecule has 0 unspecified atom stereocenters. The molecule has 4 heterocycles. The highest BCUT2D eigenvalue weighted by Gasteiger charge is 2.50. The predicted molar refractivity (Wildman–Crippen MR) is 268 cm³/mol. The number of Topliss-reactive ketones (excluding diaryl/α,β-unsaturated/α-hetero) is 1. The summed E-state index contributed by atoms with van der Waals surface area (Å²) < 4.78 is 23.8. The molecule has 384 valence electrons. The third kappa shape index (κ3) is 11.2. The minimum absolute atomic E-state index is 0.0344. The summed E-state index contributed by atoms with van der Waals surface area (Å²) in [6, 6.07) is 7.28. The van der Waals surface area contributed by atoms with Gasteiger partial charge in [-0.25, -0.2) is 0 Å². The molecule has 3 aromatic carbocycles. The molecular weight excluding hydrogens is 915 g/mol. The van der Waals surface area contributed by atoms with E-state index in [1.165, 1.54) is 66.4 Å². The number of rotatable bonds is 7. The minimum Gasteiger partial charge on any atom is -0.507 e. The maximum absolute atomic E-state index is 14.7. The summed E-state index contributed by atoms with van der Waals surface area (Å²) in [7, 11) is 1.43. The van der Waals surface area contributed by atoms with Gasteiger partial charge in [0.1, 0.15) is 23.4 Å². The van der Waals surface area contributed by atoms with Crippen molar-refractivity contribution in [2.24, 2.45) is 28.8 Å². The van der Waals surface area contributed by atoms with E-state index >= 15 is 0 Å². The predicted octanol–water partition coefficient (Wildman–Crippen LogP) is 6.64. The number of phenols is 3. The number of aliphatic hydroxyl groups excluding tert-OH is 2. The molecule has 3 aromatic rings. The van der Waals surface area contributed by atoms with Crippen LogP contribution in [0.5, 0.6) is 23.0 Å². The van der Waals surface area contributed by atoms with Crippen molar-refractivity contribution in [2.45, 2.75) is 125 Å². The number of aliphatic hydroxyl groups is 2. The molecule has 4 aliphatic rings. The lowest BCUT2D eigenvalue weighted by Crippen LogP contribution is -2.54. The number of nitrogens with one attached hydrogen (secondary N) is 2. The van der Waals surface area contributed by atoms with Gasteiger partial charge in [-0.15, -0.1) is 0 Å². The molecule has 0 aromatic heterocycles. The van der Waals surface area contributed by atoms with E-state index in [9.17, 15) is 44.7 Å². The topological polar surface area (TPSA) is 249 Å². The highest BCUT2D eigenvalue weighted by atomic mass is 16.7. The Bertz CT molecular complexity index is 2630. The summed E-state index contributed by atoms with van der Waals surface area (Å²) in [5.74, 6) is -8.81. The molecule has 11 atom stereocenters. The van der Waals surface area contributed by atoms with Crippen molar-refractivity contribution in [1.82, 2.24) is 9.91 Å². The first-order chi connectivity index (χ1) is 33.4. The third-order valence-corrected chi connectivity index (χ3v) is 14.0. The monoisotopic (exact) mass is 983 g/mol. The molecule has 1 fully saturated rings. The molecule has 4 aliphatic heterocycles. The summed E-state index contributed by atoms with van der Waals surface area (Å²) in [5.41, 5.74) is 1.25. The Labute approximate surface area is 414 Å². The van der Waals surface area contributed by atoms with E-state index in [0.717, 1.165) is 5.56 Å². The molecule has 5 bridgehead atoms. The van der Waals surface area contributed by atoms with Gasteiger partial charge in [0.15, 0.2) is 5.75 Å². The zero-order valence-electron chi connectivity index (χ0n) is 42.5. The molecule has 0 aliphatic carbocycles. The summed E-state index contributed by atoms with van der Waals surface area (Å²) in [4.78, 5) is 54.9. The van der Waals surface area contributed by atoms with Crippen LogP contribution < -0.4 is 15.4 Å². The van der Waals surface area contributed by atoms with Crippen molar-refractivity contribution in [2.75, 3.05) is 30.8 Å². The second-order valence-corrected chi connectivity index (χ2v) is 19.5. The Morgan fingerprint density at radius 3 is 2.15 bits per heavy atom. The average Bonchev–Trinajstić information content (AvgIpc) is 3.58. The number of hydrogen-bond acceptors (Lipinski definition) is 16. The van der Waals surface area contributed by atoms with Crippen LogP contribution in [0.15, 0.2) is 65.5 Å². The van der Waals surface area contributed by atoms with E-state index in [0.29, 0.717) is 25.3 Å². The highest BCUT2D eigenvalue weighted by Crippen LogP contribution is 2.55.